The van der Waals surface area contributed by atoms with E-state index in [4.69, 9.17) is 15.9 Å². The Morgan fingerprint density at radius 2 is 1.77 bits per heavy atom. The summed E-state index contributed by atoms with van der Waals surface area (Å²) >= 11 is 0. The predicted octanol–water partition coefficient (Wildman–Crippen LogP) is -2.68. The van der Waals surface area contributed by atoms with Gasteiger partial charge in [0.05, 0.1) is 11.2 Å². The number of hydrogen-bond donors (Lipinski definition) is 3. The number of nitro groups is 1. The largest absolute Gasteiger partial charge is 1.00 e. The minimum atomic E-state index is -1.17. The molecule has 0 saturated carbocycles. The Labute approximate surface area is 147 Å². The summed E-state index contributed by atoms with van der Waals surface area (Å²) in [6, 6.07) is 4.17. The summed E-state index contributed by atoms with van der Waals surface area (Å²) in [4.78, 5) is 39.5. The Bertz CT molecular complexity index is 519. The van der Waals surface area contributed by atoms with Crippen molar-refractivity contribution in [3.05, 3.63) is 39.9 Å². The molecule has 0 heterocycles. The van der Waals surface area contributed by atoms with Gasteiger partial charge in [-0.1, -0.05) is 0 Å². The molecule has 0 aliphatic carbocycles. The second kappa shape index (κ2) is 11.8. The average molecular weight is 320 g/mol. The predicted molar refractivity (Wildman–Crippen MR) is 70.4 cm³/mol. The van der Waals surface area contributed by atoms with Gasteiger partial charge in [0, 0.05) is 6.42 Å². The molecule has 0 amide bonds. The SMILES string of the molecule is NC(CCC(=O)O)C(=O)O.O=[C-]c1ccc([N+](=O)[O-])cc1.[Na+]. The van der Waals surface area contributed by atoms with Crippen LogP contribution in [0.25, 0.3) is 0 Å². The average Bonchev–Trinajstić information content (AvgIpc) is 2.45. The normalized spacial score (nSPS) is 10.2. The van der Waals surface area contributed by atoms with Gasteiger partial charge in [0.2, 0.25) is 5.69 Å². The Morgan fingerprint density at radius 1 is 1.27 bits per heavy atom. The van der Waals surface area contributed by atoms with Crippen LogP contribution < -0.4 is 35.3 Å². The van der Waals surface area contributed by atoms with Crippen molar-refractivity contribution >= 4 is 23.9 Å². The molecule has 0 bridgehead atoms. The van der Waals surface area contributed by atoms with Crippen molar-refractivity contribution in [1.82, 2.24) is 0 Å². The zero-order chi connectivity index (χ0) is 16.4. The van der Waals surface area contributed by atoms with Gasteiger partial charge in [0.1, 0.15) is 6.04 Å². The van der Waals surface area contributed by atoms with Crippen LogP contribution >= 0.6 is 0 Å². The van der Waals surface area contributed by atoms with E-state index in [1.54, 1.807) is 6.29 Å². The Balaban J connectivity index is 0. The van der Waals surface area contributed by atoms with E-state index in [-0.39, 0.29) is 48.1 Å². The molecular weight excluding hydrogens is 307 g/mol. The molecule has 1 aromatic rings. The van der Waals surface area contributed by atoms with Crippen molar-refractivity contribution in [3.63, 3.8) is 0 Å². The molecular formula is C12H13N2NaO7. The van der Waals surface area contributed by atoms with Gasteiger partial charge in [0.15, 0.2) is 0 Å². The zero-order valence-electron chi connectivity index (χ0n) is 11.8. The number of nitro benzene ring substituents is 1. The first-order valence-electron chi connectivity index (χ1n) is 5.60. The maximum Gasteiger partial charge on any atom is 1.00 e. The first kappa shape index (κ1) is 22.5. The van der Waals surface area contributed by atoms with Crippen molar-refractivity contribution < 1.29 is 59.1 Å². The van der Waals surface area contributed by atoms with E-state index < -0.39 is 22.9 Å². The fourth-order valence-electron chi connectivity index (χ4n) is 1.05. The monoisotopic (exact) mass is 320 g/mol. The number of nitrogens with zero attached hydrogens (tertiary/aromatic N) is 1. The Hall–Kier alpha value is -1.81. The van der Waals surface area contributed by atoms with Crippen molar-refractivity contribution in [2.75, 3.05) is 0 Å². The molecule has 0 aliphatic rings. The zero-order valence-corrected chi connectivity index (χ0v) is 13.8. The molecule has 0 aliphatic heterocycles. The summed E-state index contributed by atoms with van der Waals surface area (Å²) in [5.74, 6) is -2.20. The van der Waals surface area contributed by atoms with Crippen LogP contribution in [-0.2, 0) is 14.4 Å². The minimum absolute atomic E-state index is 0. The fraction of sp³-hybridized carbons (Fsp3) is 0.250. The number of aliphatic carboxylic acids is 2. The third-order valence-corrected chi connectivity index (χ3v) is 2.18. The molecule has 1 aromatic carbocycles. The molecule has 10 heteroatoms. The molecule has 4 N–H and O–H groups in total. The van der Waals surface area contributed by atoms with E-state index in [0.29, 0.717) is 5.56 Å². The van der Waals surface area contributed by atoms with Crippen LogP contribution in [0.3, 0.4) is 0 Å². The van der Waals surface area contributed by atoms with Crippen LogP contribution in [0.15, 0.2) is 24.3 Å². The molecule has 0 radical (unpaired) electrons. The summed E-state index contributed by atoms with van der Waals surface area (Å²) in [6.45, 7) is 0. The van der Waals surface area contributed by atoms with E-state index in [2.05, 4.69) is 0 Å². The molecule has 9 nitrogen and oxygen atoms in total. The van der Waals surface area contributed by atoms with Crippen LogP contribution in [0.1, 0.15) is 18.4 Å². The van der Waals surface area contributed by atoms with Gasteiger partial charge < -0.3 is 20.7 Å². The Morgan fingerprint density at radius 3 is 2.09 bits per heavy atom. The van der Waals surface area contributed by atoms with Gasteiger partial charge in [-0.2, -0.15) is 17.7 Å². The fourth-order valence-corrected chi connectivity index (χ4v) is 1.05. The maximum absolute atomic E-state index is 10.1. The first-order chi connectivity index (χ1) is 9.77. The molecule has 1 atom stereocenters. The Kier molecular flexibility index (Phi) is 12.1. The van der Waals surface area contributed by atoms with Crippen LogP contribution in [0.2, 0.25) is 0 Å². The molecule has 114 valence electrons. The number of hydrogen-bond acceptors (Lipinski definition) is 6. The maximum atomic E-state index is 10.1. The smallest absolute Gasteiger partial charge is 0.481 e. The molecule has 0 spiro atoms. The van der Waals surface area contributed by atoms with Gasteiger partial charge in [-0.3, -0.25) is 19.7 Å². The second-order valence-electron chi connectivity index (χ2n) is 3.78. The third-order valence-electron chi connectivity index (χ3n) is 2.18. The van der Waals surface area contributed by atoms with Gasteiger partial charge in [-0.25, -0.2) is 0 Å². The third kappa shape index (κ3) is 10.00. The van der Waals surface area contributed by atoms with E-state index in [1.165, 1.54) is 24.3 Å². The number of non-ortho nitro benzene ring substituents is 1. The van der Waals surface area contributed by atoms with Crippen molar-refractivity contribution in [2.45, 2.75) is 18.9 Å². The van der Waals surface area contributed by atoms with E-state index >= 15 is 0 Å². The van der Waals surface area contributed by atoms with E-state index in [9.17, 15) is 24.5 Å². The van der Waals surface area contributed by atoms with Gasteiger partial charge in [-0.15, -0.1) is 0 Å². The topological polar surface area (TPSA) is 161 Å². The molecule has 1 rings (SSSR count). The summed E-state index contributed by atoms with van der Waals surface area (Å²) in [6.07, 6.45) is 1.40. The van der Waals surface area contributed by atoms with Gasteiger partial charge >= 0.3 is 41.5 Å². The quantitative estimate of drug-likeness (QED) is 0.221. The van der Waals surface area contributed by atoms with Crippen LogP contribution in [-0.4, -0.2) is 39.4 Å². The standard InChI is InChI=1S/C7H4NO3.C5H9NO4.Na/c9-5-6-1-3-7(4-2-6)8(10)11;6-3(5(9)10)1-2-4(7)8;/h1-4H;3H,1-2,6H2,(H,7,8)(H,9,10);/q-1;;+1. The summed E-state index contributed by atoms with van der Waals surface area (Å²) in [5, 5.41) is 26.4. The summed E-state index contributed by atoms with van der Waals surface area (Å²) in [7, 11) is 0. The van der Waals surface area contributed by atoms with Crippen LogP contribution in [0.5, 0.6) is 0 Å². The number of carbonyl (C=O) groups is 2. The molecule has 0 fully saturated rings. The van der Waals surface area contributed by atoms with Crippen molar-refractivity contribution in [2.24, 2.45) is 5.73 Å². The number of rotatable bonds is 6. The molecule has 0 saturated heterocycles. The molecule has 0 aromatic heterocycles. The van der Waals surface area contributed by atoms with Crippen LogP contribution in [0.4, 0.5) is 5.69 Å². The molecule has 1 unspecified atom stereocenters. The van der Waals surface area contributed by atoms with E-state index in [0.717, 1.165) is 0 Å². The molecule has 22 heavy (non-hydrogen) atoms. The van der Waals surface area contributed by atoms with Crippen LogP contribution in [0, 0.1) is 10.1 Å². The van der Waals surface area contributed by atoms with Gasteiger partial charge in [0.25, 0.3) is 0 Å². The van der Waals surface area contributed by atoms with Gasteiger partial charge in [-0.05, 0) is 18.6 Å². The number of carboxylic acid groups (broad SMARTS) is 2. The number of nitrogens with two attached hydrogens (primary N) is 1. The van der Waals surface area contributed by atoms with E-state index in [1.807, 2.05) is 0 Å². The minimum Gasteiger partial charge on any atom is -0.481 e. The number of benzene rings is 1. The second-order valence-corrected chi connectivity index (χ2v) is 3.78. The summed E-state index contributed by atoms with van der Waals surface area (Å²) in [5.41, 5.74) is 5.29. The van der Waals surface area contributed by atoms with Crippen molar-refractivity contribution in [3.8, 4) is 0 Å². The summed E-state index contributed by atoms with van der Waals surface area (Å²) < 4.78 is 0. The van der Waals surface area contributed by atoms with Crippen molar-refractivity contribution in [1.29, 1.82) is 0 Å². The first-order valence-corrected chi connectivity index (χ1v) is 5.60. The number of carboxylic acids is 2. The number of carbonyl (C=O) groups excluding carboxylic acids is 1.